The zero-order valence-corrected chi connectivity index (χ0v) is 8.99. The molecule has 0 aliphatic heterocycles. The maximum absolute atomic E-state index is 11.3. The Hall–Kier alpha value is -0.610. The number of rotatable bonds is 2. The number of carboxylic acids is 1. The Morgan fingerprint density at radius 1 is 1.20 bits per heavy atom. The van der Waals surface area contributed by atoms with E-state index in [1.165, 1.54) is 0 Å². The fourth-order valence-electron chi connectivity index (χ4n) is 3.39. The summed E-state index contributed by atoms with van der Waals surface area (Å²) in [7, 11) is 0. The van der Waals surface area contributed by atoms with Crippen LogP contribution in [0.15, 0.2) is 0 Å². The number of hydrogen-bond donors (Lipinski definition) is 3. The Bertz CT molecular complexity index is 303. The van der Waals surface area contributed by atoms with E-state index in [1.807, 2.05) is 6.92 Å². The van der Waals surface area contributed by atoms with Crippen LogP contribution in [0.25, 0.3) is 0 Å². The minimum absolute atomic E-state index is 0.286. The van der Waals surface area contributed by atoms with E-state index in [-0.39, 0.29) is 6.42 Å². The number of carbonyl (C=O) groups is 1. The van der Waals surface area contributed by atoms with E-state index in [2.05, 4.69) is 0 Å². The standard InChI is InChI=1S/C11H18O4/c1-2-10(14)5-9(8(12)13)3-4-11(15,6-9)7-10/h14-15H,2-7H2,1H3,(H,12,13). The maximum atomic E-state index is 11.3. The minimum atomic E-state index is -0.998. The predicted molar refractivity (Wildman–Crippen MR) is 53.3 cm³/mol. The van der Waals surface area contributed by atoms with Crippen molar-refractivity contribution < 1.29 is 20.1 Å². The van der Waals surface area contributed by atoms with E-state index in [9.17, 15) is 20.1 Å². The Morgan fingerprint density at radius 2 is 1.87 bits per heavy atom. The zero-order chi connectivity index (χ0) is 11.3. The lowest BCUT2D eigenvalue weighted by Crippen LogP contribution is -2.50. The molecule has 2 bridgehead atoms. The lowest BCUT2D eigenvalue weighted by molar-refractivity contribution is -0.165. The molecule has 3 atom stereocenters. The molecule has 3 N–H and O–H groups in total. The van der Waals surface area contributed by atoms with Crippen molar-refractivity contribution in [2.24, 2.45) is 5.41 Å². The van der Waals surface area contributed by atoms with Gasteiger partial charge in [0.25, 0.3) is 0 Å². The molecule has 86 valence electrons. The van der Waals surface area contributed by atoms with Gasteiger partial charge in [0, 0.05) is 6.42 Å². The molecule has 0 spiro atoms. The summed E-state index contributed by atoms with van der Waals surface area (Å²) in [6.45, 7) is 1.84. The molecule has 15 heavy (non-hydrogen) atoms. The molecule has 0 aromatic carbocycles. The van der Waals surface area contributed by atoms with Gasteiger partial charge in [-0.2, -0.15) is 0 Å². The van der Waals surface area contributed by atoms with Crippen molar-refractivity contribution in [2.45, 2.75) is 56.7 Å². The SMILES string of the molecule is CCC1(O)CC2(O)CCC(C(=O)O)(C1)C2. The fraction of sp³-hybridized carbons (Fsp3) is 0.909. The lowest BCUT2D eigenvalue weighted by Gasteiger charge is -2.44. The van der Waals surface area contributed by atoms with Crippen molar-refractivity contribution in [1.29, 1.82) is 0 Å². The van der Waals surface area contributed by atoms with Gasteiger partial charge in [0.1, 0.15) is 0 Å². The number of carboxylic acid groups (broad SMARTS) is 1. The molecule has 2 aliphatic carbocycles. The minimum Gasteiger partial charge on any atom is -0.481 e. The molecular formula is C11H18O4. The Morgan fingerprint density at radius 3 is 2.40 bits per heavy atom. The smallest absolute Gasteiger partial charge is 0.309 e. The van der Waals surface area contributed by atoms with Gasteiger partial charge in [-0.3, -0.25) is 4.79 Å². The summed E-state index contributed by atoms with van der Waals surface area (Å²) < 4.78 is 0. The van der Waals surface area contributed by atoms with Gasteiger partial charge in [-0.15, -0.1) is 0 Å². The van der Waals surface area contributed by atoms with Gasteiger partial charge in [0.2, 0.25) is 0 Å². The van der Waals surface area contributed by atoms with Crippen molar-refractivity contribution in [2.75, 3.05) is 0 Å². The van der Waals surface area contributed by atoms with Crippen molar-refractivity contribution >= 4 is 5.97 Å². The first kappa shape index (κ1) is 10.9. The summed E-state index contributed by atoms with van der Waals surface area (Å²) in [6, 6.07) is 0. The number of fused-ring (bicyclic) bond motifs is 2. The van der Waals surface area contributed by atoms with Crippen molar-refractivity contribution in [3.63, 3.8) is 0 Å². The van der Waals surface area contributed by atoms with E-state index in [4.69, 9.17) is 0 Å². The average molecular weight is 214 g/mol. The average Bonchev–Trinajstić information content (AvgIpc) is 2.39. The highest BCUT2D eigenvalue weighted by atomic mass is 16.4. The third-order valence-corrected chi connectivity index (χ3v) is 4.17. The highest BCUT2D eigenvalue weighted by Crippen LogP contribution is 2.57. The first-order valence-electron chi connectivity index (χ1n) is 5.51. The normalized spacial score (nSPS) is 49.3. The van der Waals surface area contributed by atoms with Gasteiger partial charge in [0.15, 0.2) is 0 Å². The van der Waals surface area contributed by atoms with Crippen molar-refractivity contribution in [1.82, 2.24) is 0 Å². The number of aliphatic hydroxyl groups is 2. The summed E-state index contributed by atoms with van der Waals surface area (Å²) in [5.41, 5.74) is -2.85. The molecule has 0 saturated heterocycles. The van der Waals surface area contributed by atoms with Crippen molar-refractivity contribution in [3.05, 3.63) is 0 Å². The van der Waals surface area contributed by atoms with Crippen LogP contribution in [0.3, 0.4) is 0 Å². The largest absolute Gasteiger partial charge is 0.481 e. The molecule has 0 heterocycles. The third-order valence-electron chi connectivity index (χ3n) is 4.17. The van der Waals surface area contributed by atoms with Gasteiger partial charge in [0.05, 0.1) is 16.6 Å². The summed E-state index contributed by atoms with van der Waals surface area (Å²) >= 11 is 0. The molecule has 2 fully saturated rings. The van der Waals surface area contributed by atoms with Crippen LogP contribution < -0.4 is 0 Å². The van der Waals surface area contributed by atoms with Crippen LogP contribution in [-0.4, -0.2) is 32.5 Å². The molecule has 2 rings (SSSR count). The highest BCUT2D eigenvalue weighted by molar-refractivity contribution is 5.76. The second-order valence-electron chi connectivity index (χ2n) is 5.42. The number of aliphatic carboxylic acids is 1. The summed E-state index contributed by atoms with van der Waals surface area (Å²) in [4.78, 5) is 11.3. The first-order chi connectivity index (χ1) is 6.83. The Labute approximate surface area is 88.9 Å². The molecule has 2 saturated carbocycles. The molecule has 0 radical (unpaired) electrons. The van der Waals surface area contributed by atoms with Crippen LogP contribution in [-0.2, 0) is 4.79 Å². The molecule has 0 aromatic rings. The topological polar surface area (TPSA) is 77.8 Å². The predicted octanol–water partition coefficient (Wildman–Crippen LogP) is 0.907. The molecule has 4 heteroatoms. The van der Waals surface area contributed by atoms with Crippen molar-refractivity contribution in [3.8, 4) is 0 Å². The van der Waals surface area contributed by atoms with E-state index in [0.29, 0.717) is 32.1 Å². The van der Waals surface area contributed by atoms with E-state index >= 15 is 0 Å². The van der Waals surface area contributed by atoms with Gasteiger partial charge < -0.3 is 15.3 Å². The zero-order valence-electron chi connectivity index (χ0n) is 8.99. The van der Waals surface area contributed by atoms with Crippen LogP contribution in [0.4, 0.5) is 0 Å². The van der Waals surface area contributed by atoms with Crippen LogP contribution in [0, 0.1) is 5.41 Å². The summed E-state index contributed by atoms with van der Waals surface area (Å²) in [5, 5.41) is 29.6. The highest BCUT2D eigenvalue weighted by Gasteiger charge is 2.61. The van der Waals surface area contributed by atoms with Gasteiger partial charge in [-0.1, -0.05) is 6.92 Å². The lowest BCUT2D eigenvalue weighted by atomic mass is 9.66. The molecule has 0 amide bonds. The van der Waals surface area contributed by atoms with Gasteiger partial charge in [-0.25, -0.2) is 0 Å². The molecule has 0 aromatic heterocycles. The second kappa shape index (κ2) is 2.95. The maximum Gasteiger partial charge on any atom is 0.309 e. The first-order valence-corrected chi connectivity index (χ1v) is 5.51. The van der Waals surface area contributed by atoms with E-state index in [0.717, 1.165) is 0 Å². The van der Waals surface area contributed by atoms with Gasteiger partial charge >= 0.3 is 5.97 Å². The molecular weight excluding hydrogens is 196 g/mol. The van der Waals surface area contributed by atoms with Crippen LogP contribution in [0.2, 0.25) is 0 Å². The Kier molecular flexibility index (Phi) is 2.14. The Balaban J connectivity index is 2.34. The van der Waals surface area contributed by atoms with E-state index < -0.39 is 22.6 Å². The van der Waals surface area contributed by atoms with Crippen LogP contribution in [0.1, 0.15) is 45.4 Å². The monoisotopic (exact) mass is 214 g/mol. The molecule has 4 nitrogen and oxygen atoms in total. The van der Waals surface area contributed by atoms with Gasteiger partial charge in [-0.05, 0) is 32.1 Å². The summed E-state index contributed by atoms with van der Waals surface area (Å²) in [5.74, 6) is -0.870. The fourth-order valence-corrected chi connectivity index (χ4v) is 3.39. The third kappa shape index (κ3) is 1.56. The molecule has 2 aliphatic rings. The molecule has 3 unspecified atom stereocenters. The second-order valence-corrected chi connectivity index (χ2v) is 5.42. The quantitative estimate of drug-likeness (QED) is 0.638. The van der Waals surface area contributed by atoms with Crippen LogP contribution >= 0.6 is 0 Å². The van der Waals surface area contributed by atoms with Crippen LogP contribution in [0.5, 0.6) is 0 Å². The summed E-state index contributed by atoms with van der Waals surface area (Å²) in [6.07, 6.45) is 2.41. The van der Waals surface area contributed by atoms with E-state index in [1.54, 1.807) is 0 Å². The number of hydrogen-bond acceptors (Lipinski definition) is 3.